The maximum atomic E-state index is 12.4. The Bertz CT molecular complexity index is 1120. The number of aromatic hydroxyl groups is 2. The molecule has 0 spiro atoms. The molecule has 0 unspecified atom stereocenters. The summed E-state index contributed by atoms with van der Waals surface area (Å²) in [6.45, 7) is 6.02. The largest absolute Gasteiger partial charge is 0.492 e. The number of nitrogens with one attached hydrogen (secondary N) is 1. The molecule has 0 saturated heterocycles. The second-order valence-electron chi connectivity index (χ2n) is 7.83. The zero-order chi connectivity index (χ0) is 23.5. The molecule has 13 heteroatoms. The molecule has 3 aromatic rings. The van der Waals surface area contributed by atoms with Crippen molar-refractivity contribution in [2.45, 2.75) is 42.9 Å². The third kappa shape index (κ3) is 5.35. The maximum absolute atomic E-state index is 12.4. The van der Waals surface area contributed by atoms with Crippen molar-refractivity contribution in [2.75, 3.05) is 6.54 Å². The van der Waals surface area contributed by atoms with Gasteiger partial charge in [0.15, 0.2) is 6.20 Å². The molecular weight excluding hydrogens is 438 g/mol. The quantitative estimate of drug-likeness (QED) is 0.424. The zero-order valence-corrected chi connectivity index (χ0v) is 18.8. The van der Waals surface area contributed by atoms with Gasteiger partial charge >= 0.3 is 5.97 Å². The minimum absolute atomic E-state index is 0.0149. The summed E-state index contributed by atoms with van der Waals surface area (Å²) in [4.78, 5) is 29.1. The monoisotopic (exact) mass is 462 g/mol. The normalized spacial score (nSPS) is 11.4. The van der Waals surface area contributed by atoms with E-state index >= 15 is 0 Å². The Balaban J connectivity index is 1.56. The molecule has 32 heavy (non-hydrogen) atoms. The number of nitrogens with zero attached hydrogens (tertiary/aromatic N) is 6. The highest BCUT2D eigenvalue weighted by molar-refractivity contribution is 7.99. The Hall–Kier alpha value is -3.61. The van der Waals surface area contributed by atoms with Crippen molar-refractivity contribution < 1.29 is 29.2 Å². The standard InChI is InChI=1S/C19H23N7O5S/c1-19(2,3)26-18(21-22-23-26)32-15-8-5-12(11-24(15)4)17(30)20-10-9-16(29)31-25-13(27)6-7-14(25)28/h5-8,11H,9-10H2,1-4H3,(H2-,20,22,23,27,28,30)/p+1. The molecule has 0 bridgehead atoms. The molecule has 0 aliphatic heterocycles. The molecule has 3 heterocycles. The van der Waals surface area contributed by atoms with Crippen molar-refractivity contribution in [3.8, 4) is 11.8 Å². The van der Waals surface area contributed by atoms with Crippen molar-refractivity contribution in [3.63, 3.8) is 0 Å². The molecule has 0 aliphatic rings. The van der Waals surface area contributed by atoms with Gasteiger partial charge in [-0.1, -0.05) is 0 Å². The lowest BCUT2D eigenvalue weighted by Gasteiger charge is -2.18. The van der Waals surface area contributed by atoms with E-state index in [1.54, 1.807) is 34.6 Å². The van der Waals surface area contributed by atoms with Crippen LogP contribution < -0.4 is 14.7 Å². The highest BCUT2D eigenvalue weighted by Crippen LogP contribution is 2.26. The fourth-order valence-corrected chi connectivity index (χ4v) is 3.61. The molecule has 0 radical (unpaired) electrons. The molecule has 0 aliphatic carbocycles. The first-order chi connectivity index (χ1) is 15.1. The van der Waals surface area contributed by atoms with Crippen LogP contribution >= 0.6 is 11.8 Å². The number of amides is 1. The fraction of sp³-hybridized carbons (Fsp3) is 0.368. The maximum Gasteiger partial charge on any atom is 0.334 e. The molecular formula is C19H24N7O5S+. The van der Waals surface area contributed by atoms with E-state index in [2.05, 4.69) is 20.8 Å². The van der Waals surface area contributed by atoms with Gasteiger partial charge in [-0.2, -0.15) is 4.57 Å². The Morgan fingerprint density at radius 1 is 1.19 bits per heavy atom. The van der Waals surface area contributed by atoms with E-state index < -0.39 is 17.7 Å². The van der Waals surface area contributed by atoms with Crippen LogP contribution in [0.25, 0.3) is 0 Å². The number of tetrazole rings is 1. The van der Waals surface area contributed by atoms with Crippen LogP contribution in [0.2, 0.25) is 0 Å². The van der Waals surface area contributed by atoms with E-state index in [0.717, 1.165) is 5.03 Å². The molecule has 1 amide bonds. The lowest BCUT2D eigenvalue weighted by molar-refractivity contribution is -0.709. The minimum atomic E-state index is -0.735. The molecule has 3 aromatic heterocycles. The van der Waals surface area contributed by atoms with Crippen LogP contribution in [0, 0.1) is 0 Å². The van der Waals surface area contributed by atoms with Crippen molar-refractivity contribution in [3.05, 3.63) is 36.0 Å². The van der Waals surface area contributed by atoms with Gasteiger partial charge in [0.05, 0.1) is 12.0 Å². The molecule has 12 nitrogen and oxygen atoms in total. The Labute approximate surface area is 187 Å². The van der Waals surface area contributed by atoms with Gasteiger partial charge in [-0.15, -0.1) is 9.83 Å². The second-order valence-corrected chi connectivity index (χ2v) is 8.81. The first-order valence-electron chi connectivity index (χ1n) is 9.61. The van der Waals surface area contributed by atoms with Gasteiger partial charge in [0.25, 0.3) is 5.91 Å². The lowest BCUT2D eigenvalue weighted by atomic mass is 10.1. The summed E-state index contributed by atoms with van der Waals surface area (Å²) < 4.78 is 4.11. The highest BCUT2D eigenvalue weighted by Gasteiger charge is 2.23. The topological polar surface area (TPSA) is 148 Å². The molecule has 0 fully saturated rings. The summed E-state index contributed by atoms with van der Waals surface area (Å²) in [5, 5.41) is 34.9. The third-order valence-corrected chi connectivity index (χ3v) is 5.30. The first kappa shape index (κ1) is 23.1. The first-order valence-corrected chi connectivity index (χ1v) is 10.4. The third-order valence-electron chi connectivity index (χ3n) is 4.23. The van der Waals surface area contributed by atoms with E-state index in [1.165, 1.54) is 23.9 Å². The van der Waals surface area contributed by atoms with Gasteiger partial charge in [-0.3, -0.25) is 4.79 Å². The van der Waals surface area contributed by atoms with Crippen LogP contribution in [-0.2, 0) is 17.4 Å². The molecule has 0 aromatic carbocycles. The minimum Gasteiger partial charge on any atom is -0.492 e. The number of rotatable bonds is 7. The summed E-state index contributed by atoms with van der Waals surface area (Å²) in [6.07, 6.45) is 1.51. The summed E-state index contributed by atoms with van der Waals surface area (Å²) in [6, 6.07) is 5.80. The Morgan fingerprint density at radius 3 is 2.50 bits per heavy atom. The Kier molecular flexibility index (Phi) is 6.67. The summed E-state index contributed by atoms with van der Waals surface area (Å²) >= 11 is 1.37. The van der Waals surface area contributed by atoms with E-state index in [0.29, 0.717) is 15.5 Å². The van der Waals surface area contributed by atoms with E-state index in [9.17, 15) is 19.8 Å². The van der Waals surface area contributed by atoms with Crippen LogP contribution in [0.5, 0.6) is 11.8 Å². The summed E-state index contributed by atoms with van der Waals surface area (Å²) in [5.41, 5.74) is 0.130. The van der Waals surface area contributed by atoms with E-state index in [1.807, 2.05) is 20.8 Å². The van der Waals surface area contributed by atoms with Crippen molar-refractivity contribution in [1.82, 2.24) is 30.3 Å². The number of aromatic nitrogens is 6. The Morgan fingerprint density at radius 2 is 1.88 bits per heavy atom. The van der Waals surface area contributed by atoms with E-state index in [-0.39, 0.29) is 24.4 Å². The number of hydrogen-bond donors (Lipinski definition) is 3. The van der Waals surface area contributed by atoms with Gasteiger partial charge in [0, 0.05) is 36.5 Å². The van der Waals surface area contributed by atoms with Crippen LogP contribution in [0.4, 0.5) is 0 Å². The van der Waals surface area contributed by atoms with Crippen LogP contribution in [-0.4, -0.2) is 53.6 Å². The number of hydrogen-bond acceptors (Lipinski definition) is 9. The summed E-state index contributed by atoms with van der Waals surface area (Å²) in [7, 11) is 1.80. The predicted molar refractivity (Wildman–Crippen MR) is 111 cm³/mol. The zero-order valence-electron chi connectivity index (χ0n) is 18.0. The second kappa shape index (κ2) is 9.26. The SMILES string of the molecule is C[n+]1cc(C(=O)NCCC(=O)On2c(O)ccc2O)ccc1Sc1nnnn1C(C)(C)C. The van der Waals surface area contributed by atoms with Crippen molar-refractivity contribution in [2.24, 2.45) is 7.05 Å². The number of pyridine rings is 1. The molecule has 0 saturated carbocycles. The molecule has 3 rings (SSSR count). The van der Waals surface area contributed by atoms with Crippen molar-refractivity contribution in [1.29, 1.82) is 0 Å². The number of carbonyl (C=O) groups excluding carboxylic acids is 2. The van der Waals surface area contributed by atoms with Gasteiger partial charge < -0.3 is 20.4 Å². The van der Waals surface area contributed by atoms with Crippen LogP contribution in [0.15, 0.2) is 40.6 Å². The fourth-order valence-electron chi connectivity index (χ4n) is 2.61. The van der Waals surface area contributed by atoms with Gasteiger partial charge in [0.1, 0.15) is 12.6 Å². The van der Waals surface area contributed by atoms with Crippen LogP contribution in [0.1, 0.15) is 37.6 Å². The van der Waals surface area contributed by atoms with Gasteiger partial charge in [-0.05, 0) is 37.3 Å². The van der Waals surface area contributed by atoms with Crippen molar-refractivity contribution >= 4 is 23.6 Å². The highest BCUT2D eigenvalue weighted by atomic mass is 32.2. The molecule has 3 N–H and O–H groups in total. The smallest absolute Gasteiger partial charge is 0.334 e. The predicted octanol–water partition coefficient (Wildman–Crippen LogP) is 0.392. The average molecular weight is 463 g/mol. The summed E-state index contributed by atoms with van der Waals surface area (Å²) in [5.74, 6) is -1.93. The number of aryl methyl sites for hydroxylation is 1. The van der Waals surface area contributed by atoms with Gasteiger partial charge in [0.2, 0.25) is 21.9 Å². The van der Waals surface area contributed by atoms with E-state index in [4.69, 9.17) is 4.84 Å². The number of carbonyl (C=O) groups is 2. The average Bonchev–Trinajstić information content (AvgIpc) is 3.31. The molecule has 170 valence electrons. The molecule has 0 atom stereocenters. The lowest BCUT2D eigenvalue weighted by Crippen LogP contribution is -2.35. The van der Waals surface area contributed by atoms with Crippen LogP contribution in [0.3, 0.4) is 0 Å². The van der Waals surface area contributed by atoms with Gasteiger partial charge in [-0.25, -0.2) is 9.48 Å².